The van der Waals surface area contributed by atoms with Gasteiger partial charge in [-0.15, -0.1) is 0 Å². The van der Waals surface area contributed by atoms with Gasteiger partial charge in [-0.1, -0.05) is 36.4 Å². The maximum atomic E-state index is 12.9. The summed E-state index contributed by atoms with van der Waals surface area (Å²) in [4.78, 5) is 19.7. The number of fused-ring (bicyclic) bond motifs is 2. The first-order chi connectivity index (χ1) is 15.4. The summed E-state index contributed by atoms with van der Waals surface area (Å²) in [6.07, 6.45) is 2.67. The van der Waals surface area contributed by atoms with Gasteiger partial charge in [0, 0.05) is 30.8 Å². The Morgan fingerprint density at radius 2 is 1.81 bits per heavy atom. The number of aliphatic hydroxyl groups is 1. The Bertz CT molecular complexity index is 1290. The Balaban J connectivity index is 1.43. The number of hydrogen-bond donors (Lipinski definition) is 2. The van der Waals surface area contributed by atoms with Crippen LogP contribution in [0.1, 0.15) is 40.9 Å². The maximum absolute atomic E-state index is 12.9. The van der Waals surface area contributed by atoms with Crippen LogP contribution >= 0.6 is 0 Å². The summed E-state index contributed by atoms with van der Waals surface area (Å²) in [7, 11) is 0. The number of nitrogens with one attached hydrogen (secondary N) is 1. The van der Waals surface area contributed by atoms with E-state index in [0.717, 1.165) is 30.9 Å². The molecule has 2 aromatic heterocycles. The van der Waals surface area contributed by atoms with Crippen molar-refractivity contribution in [3.8, 4) is 0 Å². The molecule has 7 nitrogen and oxygen atoms in total. The Morgan fingerprint density at radius 1 is 1.06 bits per heavy atom. The summed E-state index contributed by atoms with van der Waals surface area (Å²) in [5, 5.41) is 17.5. The molecule has 2 aromatic carbocycles. The average molecular weight is 428 g/mol. The molecule has 0 radical (unpaired) electrons. The first kappa shape index (κ1) is 20.2. The van der Waals surface area contributed by atoms with Crippen LogP contribution in [-0.2, 0) is 18.6 Å². The molecule has 32 heavy (non-hydrogen) atoms. The van der Waals surface area contributed by atoms with Crippen LogP contribution in [-0.4, -0.2) is 32.2 Å². The smallest absolute Gasteiger partial charge is 0.256 e. The molecule has 0 aliphatic carbocycles. The molecular weight excluding hydrogens is 402 g/mol. The number of amides is 1. The van der Waals surface area contributed by atoms with E-state index in [9.17, 15) is 9.90 Å². The molecule has 0 unspecified atom stereocenters. The summed E-state index contributed by atoms with van der Waals surface area (Å²) in [6, 6.07) is 19.1. The highest BCUT2D eigenvalue weighted by atomic mass is 16.3. The molecule has 0 saturated carbocycles. The second-order valence-corrected chi connectivity index (χ2v) is 8.63. The molecule has 0 atom stereocenters. The minimum absolute atomic E-state index is 0.251. The molecule has 1 amide bonds. The van der Waals surface area contributed by atoms with E-state index in [4.69, 9.17) is 0 Å². The van der Waals surface area contributed by atoms with Crippen molar-refractivity contribution in [3.63, 3.8) is 0 Å². The molecule has 4 aromatic rings. The number of nitrogens with zero attached hydrogens (tertiary/aromatic N) is 4. The summed E-state index contributed by atoms with van der Waals surface area (Å²) in [5.74, 6) is 1.12. The first-order valence-electron chi connectivity index (χ1n) is 10.7. The molecule has 5 rings (SSSR count). The quantitative estimate of drug-likeness (QED) is 0.518. The number of anilines is 2. The zero-order valence-electron chi connectivity index (χ0n) is 18.1. The minimum Gasteiger partial charge on any atom is -0.386 e. The number of carbonyl (C=O) groups excluding carboxylic acids is 1. The van der Waals surface area contributed by atoms with E-state index in [1.807, 2.05) is 16.6 Å². The van der Waals surface area contributed by atoms with Crippen molar-refractivity contribution in [1.82, 2.24) is 14.6 Å². The number of carbonyl (C=O) groups is 1. The van der Waals surface area contributed by atoms with Crippen molar-refractivity contribution in [1.29, 1.82) is 0 Å². The second kappa shape index (κ2) is 7.76. The number of hydrogen-bond acceptors (Lipinski definition) is 5. The van der Waals surface area contributed by atoms with Crippen LogP contribution in [0.4, 0.5) is 11.6 Å². The molecule has 0 bridgehead atoms. The van der Waals surface area contributed by atoms with Crippen LogP contribution in [0.5, 0.6) is 0 Å². The lowest BCUT2D eigenvalue weighted by Crippen LogP contribution is -2.32. The van der Waals surface area contributed by atoms with Gasteiger partial charge in [0.1, 0.15) is 11.6 Å². The van der Waals surface area contributed by atoms with Gasteiger partial charge >= 0.3 is 0 Å². The van der Waals surface area contributed by atoms with Crippen LogP contribution in [0.25, 0.3) is 5.65 Å². The van der Waals surface area contributed by atoms with Crippen LogP contribution < -0.4 is 10.2 Å². The standard InChI is InChI=1S/C25H25N5O2/c1-25(2,32)20-9-7-18(8-10-20)24(31)28-21-15-23(30-22(27-21)11-13-26-30)29-14-12-17-5-3-4-6-19(17)16-29/h3-11,13,15,32H,12,14,16H2,1-2H3,(H,27,28,31). The zero-order chi connectivity index (χ0) is 22.3. The highest BCUT2D eigenvalue weighted by molar-refractivity contribution is 6.04. The topological polar surface area (TPSA) is 82.8 Å². The predicted octanol–water partition coefficient (Wildman–Crippen LogP) is 3.77. The molecule has 3 heterocycles. The van der Waals surface area contributed by atoms with Gasteiger partial charge in [-0.05, 0) is 49.1 Å². The fourth-order valence-corrected chi connectivity index (χ4v) is 4.10. The maximum Gasteiger partial charge on any atom is 0.256 e. The van der Waals surface area contributed by atoms with Crippen molar-refractivity contribution >= 4 is 23.2 Å². The average Bonchev–Trinajstić information content (AvgIpc) is 3.26. The highest BCUT2D eigenvalue weighted by Gasteiger charge is 2.21. The number of aromatic nitrogens is 3. The van der Waals surface area contributed by atoms with Crippen LogP contribution in [0.2, 0.25) is 0 Å². The van der Waals surface area contributed by atoms with Gasteiger partial charge in [0.05, 0.1) is 11.8 Å². The van der Waals surface area contributed by atoms with E-state index < -0.39 is 5.60 Å². The predicted molar refractivity (Wildman–Crippen MR) is 124 cm³/mol. The molecule has 2 N–H and O–H groups in total. The molecule has 162 valence electrons. The lowest BCUT2D eigenvalue weighted by Gasteiger charge is -2.30. The van der Waals surface area contributed by atoms with Crippen molar-refractivity contribution in [2.45, 2.75) is 32.4 Å². The third-order valence-corrected chi connectivity index (χ3v) is 5.89. The second-order valence-electron chi connectivity index (χ2n) is 8.63. The summed E-state index contributed by atoms with van der Waals surface area (Å²) < 4.78 is 1.81. The molecule has 0 fully saturated rings. The Labute approximate surface area is 186 Å². The van der Waals surface area contributed by atoms with E-state index in [0.29, 0.717) is 17.0 Å². The van der Waals surface area contributed by atoms with Crippen molar-refractivity contribution in [3.05, 3.63) is 89.1 Å². The molecule has 1 aliphatic heterocycles. The highest BCUT2D eigenvalue weighted by Crippen LogP contribution is 2.27. The fraction of sp³-hybridized carbons (Fsp3) is 0.240. The van der Waals surface area contributed by atoms with Crippen LogP contribution in [0.3, 0.4) is 0 Å². The van der Waals surface area contributed by atoms with E-state index >= 15 is 0 Å². The molecule has 7 heteroatoms. The molecule has 0 spiro atoms. The van der Waals surface area contributed by atoms with Gasteiger partial charge in [0.25, 0.3) is 5.91 Å². The summed E-state index contributed by atoms with van der Waals surface area (Å²) in [5.41, 5.74) is 3.65. The molecule has 1 aliphatic rings. The first-order valence-corrected chi connectivity index (χ1v) is 10.7. The Hall–Kier alpha value is -3.71. The van der Waals surface area contributed by atoms with Crippen LogP contribution in [0, 0.1) is 0 Å². The van der Waals surface area contributed by atoms with Crippen molar-refractivity contribution < 1.29 is 9.90 Å². The Morgan fingerprint density at radius 3 is 2.56 bits per heavy atom. The van der Waals surface area contributed by atoms with Gasteiger partial charge in [-0.2, -0.15) is 9.61 Å². The van der Waals surface area contributed by atoms with Crippen LogP contribution in [0.15, 0.2) is 66.9 Å². The molecular formula is C25H25N5O2. The summed E-state index contributed by atoms with van der Waals surface area (Å²) in [6.45, 7) is 5.07. The van der Waals surface area contributed by atoms with Gasteiger partial charge in [-0.25, -0.2) is 4.98 Å². The third-order valence-electron chi connectivity index (χ3n) is 5.89. The third kappa shape index (κ3) is 3.83. The minimum atomic E-state index is -0.953. The monoisotopic (exact) mass is 427 g/mol. The van der Waals surface area contributed by atoms with Gasteiger partial charge in [-0.3, -0.25) is 4.79 Å². The fourth-order valence-electron chi connectivity index (χ4n) is 4.10. The lowest BCUT2D eigenvalue weighted by atomic mass is 9.97. The van der Waals surface area contributed by atoms with Crippen molar-refractivity contribution in [2.24, 2.45) is 0 Å². The summed E-state index contributed by atoms with van der Waals surface area (Å²) >= 11 is 0. The Kier molecular flexibility index (Phi) is 4.90. The largest absolute Gasteiger partial charge is 0.386 e. The van der Waals surface area contributed by atoms with E-state index in [1.54, 1.807) is 44.3 Å². The number of rotatable bonds is 4. The van der Waals surface area contributed by atoms with E-state index in [-0.39, 0.29) is 5.91 Å². The zero-order valence-corrected chi connectivity index (χ0v) is 18.1. The number of benzene rings is 2. The van der Waals surface area contributed by atoms with E-state index in [1.165, 1.54) is 11.1 Å². The van der Waals surface area contributed by atoms with Gasteiger partial charge < -0.3 is 15.3 Å². The van der Waals surface area contributed by atoms with Gasteiger partial charge in [0.2, 0.25) is 0 Å². The lowest BCUT2D eigenvalue weighted by molar-refractivity contribution is 0.0785. The van der Waals surface area contributed by atoms with Crippen molar-refractivity contribution in [2.75, 3.05) is 16.8 Å². The normalized spacial score (nSPS) is 13.8. The SMILES string of the molecule is CC(C)(O)c1ccc(C(=O)Nc2cc(N3CCc4ccccc4C3)n3nccc3n2)cc1. The molecule has 0 saturated heterocycles. The van der Waals surface area contributed by atoms with E-state index in [2.05, 4.69) is 44.6 Å². The van der Waals surface area contributed by atoms with Gasteiger partial charge in [0.15, 0.2) is 5.65 Å².